The van der Waals surface area contributed by atoms with E-state index in [0.717, 1.165) is 92.9 Å². The van der Waals surface area contributed by atoms with E-state index in [0.29, 0.717) is 49.5 Å². The van der Waals surface area contributed by atoms with Gasteiger partial charge in [-0.15, -0.1) is 0 Å². The highest BCUT2D eigenvalue weighted by atomic mass is 16.3. The molecule has 0 unspecified atom stereocenters. The van der Waals surface area contributed by atoms with Gasteiger partial charge in [-0.3, -0.25) is 33.5 Å². The SMILES string of the molecule is Cc1ccnn1C1(C(=O)N(C)C2CCN(CCC3CCN(c4cccc5c4n(C)c(=O)n5[C@@H]4CCC(=O)NC4=O)CC3)CC2)CCN(c2cnnc(-c3ccccc3O)c2)CC1. The first-order valence-electron chi connectivity index (χ1n) is 22.2. The van der Waals surface area contributed by atoms with Gasteiger partial charge in [0.15, 0.2) is 0 Å². The van der Waals surface area contributed by atoms with Crippen LogP contribution in [0.1, 0.15) is 69.5 Å². The second kappa shape index (κ2) is 17.0. The number of phenolic OH excluding ortho intramolecular Hbond substituents is 1. The molecule has 0 radical (unpaired) electrons. The summed E-state index contributed by atoms with van der Waals surface area (Å²) in [5.74, 6) is 0.170. The fourth-order valence-electron chi connectivity index (χ4n) is 10.6. The summed E-state index contributed by atoms with van der Waals surface area (Å²) in [7, 11) is 3.75. The number of anilines is 2. The van der Waals surface area contributed by atoms with Gasteiger partial charge in [-0.05, 0) is 107 Å². The van der Waals surface area contributed by atoms with E-state index in [2.05, 4.69) is 36.3 Å². The van der Waals surface area contributed by atoms with Crippen LogP contribution < -0.4 is 20.8 Å². The minimum atomic E-state index is -0.788. The molecule has 7 heterocycles. The molecule has 4 saturated heterocycles. The third-order valence-electron chi connectivity index (χ3n) is 14.2. The van der Waals surface area contributed by atoms with Gasteiger partial charge in [0.05, 0.1) is 34.3 Å². The topological polar surface area (TPSA) is 167 Å². The third-order valence-corrected chi connectivity index (χ3v) is 14.2. The van der Waals surface area contributed by atoms with E-state index in [9.17, 15) is 24.3 Å². The molecule has 5 aromatic rings. The number of aromatic hydroxyl groups is 1. The molecule has 0 aliphatic carbocycles. The summed E-state index contributed by atoms with van der Waals surface area (Å²) < 4.78 is 5.17. The van der Waals surface area contributed by atoms with Crippen molar-refractivity contribution in [2.24, 2.45) is 13.0 Å². The van der Waals surface area contributed by atoms with E-state index in [-0.39, 0.29) is 35.7 Å². The van der Waals surface area contributed by atoms with E-state index in [1.54, 1.807) is 40.7 Å². The number of nitrogens with zero attached hydrogens (tertiary/aromatic N) is 10. The molecule has 16 heteroatoms. The number of piperidine rings is 4. The Labute approximate surface area is 361 Å². The second-order valence-corrected chi connectivity index (χ2v) is 17.8. The van der Waals surface area contributed by atoms with Gasteiger partial charge in [-0.2, -0.15) is 15.3 Å². The number of likely N-dealkylation sites (N-methyl/N-ethyl adjacent to an activating group) is 1. The molecule has 62 heavy (non-hydrogen) atoms. The van der Waals surface area contributed by atoms with Gasteiger partial charge in [0, 0.05) is 83.3 Å². The molecule has 9 rings (SSSR count). The Morgan fingerprint density at radius 1 is 0.919 bits per heavy atom. The quantitative estimate of drug-likeness (QED) is 0.194. The minimum Gasteiger partial charge on any atom is -0.507 e. The number of para-hydroxylation sites is 2. The highest BCUT2D eigenvalue weighted by Gasteiger charge is 2.47. The smallest absolute Gasteiger partial charge is 0.329 e. The zero-order valence-corrected chi connectivity index (χ0v) is 35.9. The standard InChI is InChI=1S/C46H57N11O5/c1-31-13-21-48-57(31)46(19-27-54(28-20-46)34-29-36(50-47-30-34)35-7-4-5-10-40(35)58)44(61)51(2)33-17-23-53(24-18-33)22-14-32-15-25-55(26-16-32)37-8-6-9-38-42(37)52(3)45(62)56(38)39-11-12-41(59)49-43(39)60/h4-10,13,21,29-30,32-33,39,58H,11-12,14-20,22-28H2,1-3H3,(H,49,59,60)/t39-/m1/s1. The largest absolute Gasteiger partial charge is 0.507 e. The van der Waals surface area contributed by atoms with E-state index in [1.165, 1.54) is 0 Å². The van der Waals surface area contributed by atoms with Crippen LogP contribution in [0.15, 0.2) is 71.8 Å². The summed E-state index contributed by atoms with van der Waals surface area (Å²) >= 11 is 0. The maximum absolute atomic E-state index is 14.8. The highest BCUT2D eigenvalue weighted by Crippen LogP contribution is 2.38. The Bertz CT molecular complexity index is 2520. The summed E-state index contributed by atoms with van der Waals surface area (Å²) in [6, 6.07) is 16.4. The molecule has 3 aromatic heterocycles. The Hall–Kier alpha value is -6.03. The van der Waals surface area contributed by atoms with Crippen LogP contribution in [0.3, 0.4) is 0 Å². The number of fused-ring (bicyclic) bond motifs is 1. The van der Waals surface area contributed by atoms with Crippen LogP contribution in [0.4, 0.5) is 11.4 Å². The average Bonchev–Trinajstić information content (AvgIpc) is 3.85. The molecule has 4 fully saturated rings. The number of hydrogen-bond donors (Lipinski definition) is 2. The van der Waals surface area contributed by atoms with Crippen LogP contribution in [0.5, 0.6) is 5.75 Å². The van der Waals surface area contributed by atoms with Crippen LogP contribution in [0, 0.1) is 12.8 Å². The maximum atomic E-state index is 14.8. The summed E-state index contributed by atoms with van der Waals surface area (Å²) in [6.45, 7) is 8.06. The van der Waals surface area contributed by atoms with Crippen molar-refractivity contribution in [2.75, 3.05) is 62.7 Å². The molecular weight excluding hydrogens is 787 g/mol. The summed E-state index contributed by atoms with van der Waals surface area (Å²) in [5.41, 5.74) is 4.64. The number of phenols is 1. The number of imide groups is 1. The predicted molar refractivity (Wildman–Crippen MR) is 236 cm³/mol. The first kappa shape index (κ1) is 41.3. The van der Waals surface area contributed by atoms with Crippen molar-refractivity contribution in [2.45, 2.75) is 82.3 Å². The number of imidazole rings is 1. The first-order valence-corrected chi connectivity index (χ1v) is 22.2. The van der Waals surface area contributed by atoms with E-state index in [4.69, 9.17) is 5.10 Å². The lowest BCUT2D eigenvalue weighted by molar-refractivity contribution is -0.144. The van der Waals surface area contributed by atoms with Gasteiger partial charge in [0.1, 0.15) is 17.3 Å². The summed E-state index contributed by atoms with van der Waals surface area (Å²) in [6.07, 6.45) is 10.4. The van der Waals surface area contributed by atoms with Gasteiger partial charge >= 0.3 is 5.69 Å². The molecular formula is C46H57N11O5. The lowest BCUT2D eigenvalue weighted by Crippen LogP contribution is -2.59. The van der Waals surface area contributed by atoms with Gasteiger partial charge < -0.3 is 24.7 Å². The Morgan fingerprint density at radius 3 is 2.39 bits per heavy atom. The number of likely N-dealkylation sites (tertiary alicyclic amines) is 1. The number of amides is 3. The van der Waals surface area contributed by atoms with Crippen LogP contribution in [0.2, 0.25) is 0 Å². The number of benzene rings is 2. The molecule has 4 aliphatic rings. The van der Waals surface area contributed by atoms with Gasteiger partial charge in [-0.1, -0.05) is 18.2 Å². The second-order valence-electron chi connectivity index (χ2n) is 17.8. The Kier molecular flexibility index (Phi) is 11.4. The van der Waals surface area contributed by atoms with Crippen molar-refractivity contribution in [3.8, 4) is 17.0 Å². The van der Waals surface area contributed by atoms with Gasteiger partial charge in [-0.25, -0.2) is 4.79 Å². The van der Waals surface area contributed by atoms with Gasteiger partial charge in [0.25, 0.3) is 5.91 Å². The lowest BCUT2D eigenvalue weighted by atomic mass is 9.84. The number of carbonyl (C=O) groups is 3. The molecule has 0 spiro atoms. The molecule has 2 aromatic carbocycles. The van der Waals surface area contributed by atoms with E-state index in [1.807, 2.05) is 60.0 Å². The van der Waals surface area contributed by atoms with Crippen molar-refractivity contribution in [1.29, 1.82) is 0 Å². The van der Waals surface area contributed by atoms with E-state index < -0.39 is 17.5 Å². The minimum absolute atomic E-state index is 0.125. The molecule has 3 amide bonds. The van der Waals surface area contributed by atoms with Gasteiger partial charge in [0.2, 0.25) is 11.8 Å². The number of aromatic nitrogens is 6. The van der Waals surface area contributed by atoms with Crippen molar-refractivity contribution in [1.82, 2.24) is 44.2 Å². The van der Waals surface area contributed by atoms with Crippen molar-refractivity contribution < 1.29 is 19.5 Å². The summed E-state index contributed by atoms with van der Waals surface area (Å²) in [4.78, 5) is 62.0. The number of rotatable bonds is 10. The number of carbonyl (C=O) groups excluding carboxylic acids is 3. The van der Waals surface area contributed by atoms with Crippen LogP contribution in [-0.4, -0.2) is 121 Å². The Morgan fingerprint density at radius 2 is 1.68 bits per heavy atom. The van der Waals surface area contributed by atoms with Crippen molar-refractivity contribution in [3.63, 3.8) is 0 Å². The van der Waals surface area contributed by atoms with Crippen LogP contribution in [0.25, 0.3) is 22.3 Å². The number of hydrogen-bond acceptors (Lipinski definition) is 11. The number of nitrogens with one attached hydrogen (secondary N) is 1. The van der Waals surface area contributed by atoms with E-state index >= 15 is 0 Å². The molecule has 0 bridgehead atoms. The van der Waals surface area contributed by atoms with Crippen LogP contribution in [-0.2, 0) is 27.0 Å². The first-order chi connectivity index (χ1) is 30.0. The summed E-state index contributed by atoms with van der Waals surface area (Å²) in [5, 5.41) is 26.1. The normalized spacial score (nSPS) is 20.5. The molecule has 0 saturated carbocycles. The average molecular weight is 844 g/mol. The molecule has 16 nitrogen and oxygen atoms in total. The third kappa shape index (κ3) is 7.62. The maximum Gasteiger partial charge on any atom is 0.329 e. The fourth-order valence-corrected chi connectivity index (χ4v) is 10.6. The monoisotopic (exact) mass is 843 g/mol. The Balaban J connectivity index is 0.788. The van der Waals surface area contributed by atoms with Crippen molar-refractivity contribution >= 4 is 40.1 Å². The molecule has 4 aliphatic heterocycles. The van der Waals surface area contributed by atoms with Crippen molar-refractivity contribution in [3.05, 3.63) is 83.2 Å². The van der Waals surface area contributed by atoms with Crippen LogP contribution >= 0.6 is 0 Å². The molecule has 326 valence electrons. The fraction of sp³-hybridized carbons (Fsp3) is 0.500. The molecule has 2 N–H and O–H groups in total. The number of aryl methyl sites for hydroxylation is 2. The zero-order chi connectivity index (χ0) is 43.1. The zero-order valence-electron chi connectivity index (χ0n) is 35.9. The highest BCUT2D eigenvalue weighted by molar-refractivity contribution is 6.00. The molecule has 1 atom stereocenters. The predicted octanol–water partition coefficient (Wildman–Crippen LogP) is 4.21. The lowest BCUT2D eigenvalue weighted by Gasteiger charge is -2.46.